The minimum atomic E-state index is -0.340. The molecule has 30 heavy (non-hydrogen) atoms. The Morgan fingerprint density at radius 3 is 2.67 bits per heavy atom. The molecule has 7 nitrogen and oxygen atoms in total. The number of anilines is 1. The first-order chi connectivity index (χ1) is 14.5. The number of thiophene rings is 1. The Kier molecular flexibility index (Phi) is 7.03. The lowest BCUT2D eigenvalue weighted by atomic mass is 10.1. The van der Waals surface area contributed by atoms with Gasteiger partial charge in [-0.15, -0.1) is 11.3 Å². The number of nitrogens with zero attached hydrogens (tertiary/aromatic N) is 4. The van der Waals surface area contributed by atoms with Crippen molar-refractivity contribution in [2.45, 2.75) is 26.3 Å². The molecule has 0 amide bonds. The number of hydrogen-bond donors (Lipinski definition) is 3. The van der Waals surface area contributed by atoms with Crippen molar-refractivity contribution in [2.24, 2.45) is 4.99 Å². The normalized spacial score (nSPS) is 11.3. The molecule has 2 heterocycles. The van der Waals surface area contributed by atoms with Crippen molar-refractivity contribution >= 4 is 23.1 Å². The molecule has 0 atom stereocenters. The second kappa shape index (κ2) is 9.89. The quantitative estimate of drug-likeness (QED) is 0.306. The number of aliphatic imine (C=N–C) groups is 1. The van der Waals surface area contributed by atoms with E-state index in [4.69, 9.17) is 5.73 Å². The van der Waals surface area contributed by atoms with Gasteiger partial charge in [-0.05, 0) is 56.2 Å². The highest BCUT2D eigenvalue weighted by Gasteiger charge is 2.16. The van der Waals surface area contributed by atoms with E-state index < -0.39 is 0 Å². The Labute approximate surface area is 179 Å². The molecule has 0 spiro atoms. The van der Waals surface area contributed by atoms with Crippen molar-refractivity contribution in [2.75, 3.05) is 19.3 Å². The van der Waals surface area contributed by atoms with Gasteiger partial charge >= 0.3 is 0 Å². The number of hydrogen-bond acceptors (Lipinski definition) is 5. The van der Waals surface area contributed by atoms with Gasteiger partial charge in [0.2, 0.25) is 0 Å². The standard InChI is InChI=1S/C21H24FN7S/c1-14-5-10-17(30-14)13-27-21(25-2)26-11-3-4-19-18(12-23)20(24)29(28-19)16-8-6-15(22)7-9-16/h5-10H,3-4,11,13,24H2,1-2H3,(H2,25,26,27). The van der Waals surface area contributed by atoms with E-state index in [1.165, 1.54) is 26.6 Å². The molecule has 0 radical (unpaired) electrons. The Morgan fingerprint density at radius 1 is 1.27 bits per heavy atom. The number of aryl methyl sites for hydroxylation is 2. The number of nitriles is 1. The van der Waals surface area contributed by atoms with Crippen LogP contribution in [0.5, 0.6) is 0 Å². The summed E-state index contributed by atoms with van der Waals surface area (Å²) in [7, 11) is 1.73. The van der Waals surface area contributed by atoms with Gasteiger partial charge in [0, 0.05) is 23.3 Å². The van der Waals surface area contributed by atoms with Gasteiger partial charge in [0.05, 0.1) is 17.9 Å². The van der Waals surface area contributed by atoms with Crippen LogP contribution in [0.3, 0.4) is 0 Å². The summed E-state index contributed by atoms with van der Waals surface area (Å²) in [6, 6.07) is 12.2. The summed E-state index contributed by atoms with van der Waals surface area (Å²) in [5.74, 6) is 0.640. The highest BCUT2D eigenvalue weighted by atomic mass is 32.1. The van der Waals surface area contributed by atoms with Crippen LogP contribution in [0, 0.1) is 24.1 Å². The summed E-state index contributed by atoms with van der Waals surface area (Å²) < 4.78 is 14.6. The van der Waals surface area contributed by atoms with Gasteiger partial charge in [-0.25, -0.2) is 9.07 Å². The molecule has 3 aromatic rings. The van der Waals surface area contributed by atoms with Gasteiger partial charge < -0.3 is 16.4 Å². The fraction of sp³-hybridized carbons (Fsp3) is 0.286. The number of nitrogens with one attached hydrogen (secondary N) is 2. The maximum Gasteiger partial charge on any atom is 0.191 e. The number of rotatable bonds is 7. The second-order valence-corrected chi connectivity index (χ2v) is 8.05. The number of aromatic nitrogens is 2. The molecule has 0 aliphatic heterocycles. The van der Waals surface area contributed by atoms with Gasteiger partial charge in [-0.2, -0.15) is 10.4 Å². The average Bonchev–Trinajstić information content (AvgIpc) is 3.30. The van der Waals surface area contributed by atoms with Crippen LogP contribution in [-0.4, -0.2) is 29.3 Å². The number of nitrogen functional groups attached to an aromatic ring is 1. The van der Waals surface area contributed by atoms with Crippen molar-refractivity contribution in [3.8, 4) is 11.8 Å². The molecule has 3 rings (SSSR count). The predicted molar refractivity (Wildman–Crippen MR) is 118 cm³/mol. The van der Waals surface area contributed by atoms with Gasteiger partial charge in [-0.1, -0.05) is 0 Å². The van der Waals surface area contributed by atoms with Crippen LogP contribution in [0.1, 0.15) is 27.4 Å². The third kappa shape index (κ3) is 5.15. The van der Waals surface area contributed by atoms with Crippen LogP contribution >= 0.6 is 11.3 Å². The molecule has 4 N–H and O–H groups in total. The zero-order valence-electron chi connectivity index (χ0n) is 16.9. The minimum absolute atomic E-state index is 0.260. The van der Waals surface area contributed by atoms with E-state index >= 15 is 0 Å². The molecule has 0 saturated carbocycles. The fourth-order valence-corrected chi connectivity index (χ4v) is 3.82. The maximum absolute atomic E-state index is 13.2. The van der Waals surface area contributed by atoms with Crippen molar-refractivity contribution in [1.82, 2.24) is 20.4 Å². The lowest BCUT2D eigenvalue weighted by molar-refractivity contribution is 0.627. The smallest absolute Gasteiger partial charge is 0.191 e. The van der Waals surface area contributed by atoms with E-state index in [0.717, 1.165) is 18.9 Å². The largest absolute Gasteiger partial charge is 0.382 e. The topological polar surface area (TPSA) is 104 Å². The number of nitrogens with two attached hydrogens (primary N) is 1. The van der Waals surface area contributed by atoms with E-state index in [2.05, 4.69) is 45.9 Å². The highest BCUT2D eigenvalue weighted by Crippen LogP contribution is 2.21. The molecule has 0 saturated heterocycles. The number of guanidine groups is 1. The van der Waals surface area contributed by atoms with Gasteiger partial charge in [0.15, 0.2) is 5.96 Å². The molecule has 0 aliphatic rings. The third-order valence-electron chi connectivity index (χ3n) is 4.51. The first-order valence-electron chi connectivity index (χ1n) is 9.55. The molecule has 0 bridgehead atoms. The van der Waals surface area contributed by atoms with Crippen LogP contribution < -0.4 is 16.4 Å². The van der Waals surface area contributed by atoms with Crippen molar-refractivity contribution in [3.63, 3.8) is 0 Å². The molecule has 0 fully saturated rings. The summed E-state index contributed by atoms with van der Waals surface area (Å²) in [5.41, 5.74) is 7.69. The molecular weight excluding hydrogens is 401 g/mol. The van der Waals surface area contributed by atoms with E-state index in [1.54, 1.807) is 30.5 Å². The third-order valence-corrected chi connectivity index (χ3v) is 5.51. The lowest BCUT2D eigenvalue weighted by Gasteiger charge is -2.10. The summed E-state index contributed by atoms with van der Waals surface area (Å²) in [4.78, 5) is 6.76. The molecule has 1 aromatic carbocycles. The van der Waals surface area contributed by atoms with Gasteiger partial charge in [0.1, 0.15) is 23.3 Å². The summed E-state index contributed by atoms with van der Waals surface area (Å²) >= 11 is 1.75. The molecular formula is C21H24FN7S. The molecule has 0 unspecified atom stereocenters. The Bertz CT molecular complexity index is 1060. The Morgan fingerprint density at radius 2 is 2.03 bits per heavy atom. The molecule has 156 valence electrons. The van der Waals surface area contributed by atoms with Gasteiger partial charge in [0.25, 0.3) is 0 Å². The average molecular weight is 426 g/mol. The fourth-order valence-electron chi connectivity index (χ4n) is 2.99. The molecule has 2 aromatic heterocycles. The summed E-state index contributed by atoms with van der Waals surface area (Å²) in [6.07, 6.45) is 1.32. The highest BCUT2D eigenvalue weighted by molar-refractivity contribution is 7.11. The first kappa shape index (κ1) is 21.3. The Balaban J connectivity index is 1.55. The van der Waals surface area contributed by atoms with E-state index in [0.29, 0.717) is 29.9 Å². The van der Waals surface area contributed by atoms with Crippen molar-refractivity contribution in [1.29, 1.82) is 5.26 Å². The summed E-state index contributed by atoms with van der Waals surface area (Å²) in [5, 5.41) is 20.5. The molecule has 9 heteroatoms. The SMILES string of the molecule is CN=C(NCCCc1nn(-c2ccc(F)cc2)c(N)c1C#N)NCc1ccc(C)s1. The van der Waals surface area contributed by atoms with E-state index in [9.17, 15) is 9.65 Å². The predicted octanol–water partition coefficient (Wildman–Crippen LogP) is 3.13. The van der Waals surface area contributed by atoms with E-state index in [-0.39, 0.29) is 11.6 Å². The van der Waals surface area contributed by atoms with Crippen molar-refractivity contribution in [3.05, 3.63) is 63.2 Å². The summed E-state index contributed by atoms with van der Waals surface area (Å²) in [6.45, 7) is 3.47. The number of benzene rings is 1. The first-order valence-corrected chi connectivity index (χ1v) is 10.4. The van der Waals surface area contributed by atoms with Crippen LogP contribution in [0.2, 0.25) is 0 Å². The molecule has 0 aliphatic carbocycles. The van der Waals surface area contributed by atoms with E-state index in [1.807, 2.05) is 0 Å². The van der Waals surface area contributed by atoms with Gasteiger partial charge in [-0.3, -0.25) is 4.99 Å². The second-order valence-electron chi connectivity index (χ2n) is 6.68. The minimum Gasteiger partial charge on any atom is -0.382 e. The van der Waals surface area contributed by atoms with Crippen molar-refractivity contribution < 1.29 is 4.39 Å². The zero-order valence-corrected chi connectivity index (χ0v) is 17.8. The lowest BCUT2D eigenvalue weighted by Crippen LogP contribution is -2.37. The number of halogens is 1. The van der Waals surface area contributed by atoms with Crippen LogP contribution in [0.25, 0.3) is 5.69 Å². The van der Waals surface area contributed by atoms with Crippen LogP contribution in [-0.2, 0) is 13.0 Å². The maximum atomic E-state index is 13.2. The zero-order chi connectivity index (χ0) is 21.5. The van der Waals surface area contributed by atoms with Crippen LogP contribution in [0.4, 0.5) is 10.2 Å². The monoisotopic (exact) mass is 425 g/mol. The Hall–Kier alpha value is -3.38. The van der Waals surface area contributed by atoms with Crippen LogP contribution in [0.15, 0.2) is 41.4 Å².